The highest BCUT2D eigenvalue weighted by molar-refractivity contribution is 5.94. The molecule has 0 unspecified atom stereocenters. The summed E-state index contributed by atoms with van der Waals surface area (Å²) in [5, 5.41) is 0. The maximum atomic E-state index is 13.5. The van der Waals surface area contributed by atoms with Crippen molar-refractivity contribution < 1.29 is 9.53 Å². The second kappa shape index (κ2) is 9.35. The van der Waals surface area contributed by atoms with E-state index in [-0.39, 0.29) is 11.9 Å². The molecule has 0 aliphatic carbocycles. The first kappa shape index (κ1) is 21.1. The van der Waals surface area contributed by atoms with Gasteiger partial charge in [0.15, 0.2) is 0 Å². The number of likely N-dealkylation sites (tertiary alicyclic amines) is 1. The number of hydrogen-bond acceptors (Lipinski definition) is 5. The Hall–Kier alpha value is -3.12. The van der Waals surface area contributed by atoms with E-state index in [1.165, 1.54) is 0 Å². The highest BCUT2D eigenvalue weighted by Gasteiger charge is 2.32. The topological polar surface area (TPSA) is 68.2 Å². The van der Waals surface area contributed by atoms with Crippen LogP contribution in [0.25, 0.3) is 11.1 Å². The van der Waals surface area contributed by atoms with Crippen molar-refractivity contribution in [1.82, 2.24) is 19.9 Å². The molecule has 1 saturated heterocycles. The molecule has 1 aliphatic heterocycles. The lowest BCUT2D eigenvalue weighted by Crippen LogP contribution is -2.39. The molecule has 3 heterocycles. The van der Waals surface area contributed by atoms with Crippen molar-refractivity contribution >= 4 is 5.91 Å². The number of carbonyl (C=O) groups excluding carboxylic acids is 1. The first-order valence-corrected chi connectivity index (χ1v) is 10.7. The van der Waals surface area contributed by atoms with Crippen molar-refractivity contribution in [1.29, 1.82) is 0 Å². The van der Waals surface area contributed by atoms with Gasteiger partial charge in [0.1, 0.15) is 5.82 Å². The van der Waals surface area contributed by atoms with Crippen LogP contribution in [-0.2, 0) is 11.3 Å². The molecule has 0 spiro atoms. The molecule has 1 atom stereocenters. The lowest BCUT2D eigenvalue weighted by atomic mass is 9.92. The van der Waals surface area contributed by atoms with E-state index in [9.17, 15) is 4.79 Å². The number of methoxy groups -OCH3 is 1. The predicted molar refractivity (Wildman–Crippen MR) is 120 cm³/mol. The number of aromatic nitrogens is 3. The molecule has 0 N–H and O–H groups in total. The Labute approximate surface area is 183 Å². The molecule has 31 heavy (non-hydrogen) atoms. The third kappa shape index (κ3) is 4.49. The lowest BCUT2D eigenvalue weighted by molar-refractivity contribution is 0.0606. The smallest absolute Gasteiger partial charge is 0.254 e. The van der Waals surface area contributed by atoms with Crippen LogP contribution in [0.5, 0.6) is 0 Å². The first-order valence-electron chi connectivity index (χ1n) is 10.7. The van der Waals surface area contributed by atoms with Gasteiger partial charge in [-0.15, -0.1) is 0 Å². The molecule has 6 nitrogen and oxygen atoms in total. The third-order valence-electron chi connectivity index (χ3n) is 5.84. The SMILES string of the molecule is COCc1ccc(C(=O)N2CCCC[C@@H]2c2nc(C)ncc2-c2ccncc2C)cc1. The molecule has 2 aromatic heterocycles. The van der Waals surface area contributed by atoms with Crippen LogP contribution in [0.1, 0.15) is 58.3 Å². The molecular weight excluding hydrogens is 388 g/mol. The van der Waals surface area contributed by atoms with E-state index in [1.807, 2.05) is 61.5 Å². The average molecular weight is 417 g/mol. The number of carbonyl (C=O) groups is 1. The maximum Gasteiger partial charge on any atom is 0.254 e. The Balaban J connectivity index is 1.72. The average Bonchev–Trinajstić information content (AvgIpc) is 2.80. The number of aryl methyl sites for hydroxylation is 2. The number of benzene rings is 1. The molecule has 0 radical (unpaired) electrons. The van der Waals surface area contributed by atoms with E-state index in [4.69, 9.17) is 9.72 Å². The van der Waals surface area contributed by atoms with Gasteiger partial charge in [0.2, 0.25) is 0 Å². The van der Waals surface area contributed by atoms with Crippen molar-refractivity contribution in [2.75, 3.05) is 13.7 Å². The van der Waals surface area contributed by atoms with Gasteiger partial charge in [-0.05, 0) is 68.0 Å². The van der Waals surface area contributed by atoms with Gasteiger partial charge in [-0.1, -0.05) is 12.1 Å². The minimum absolute atomic E-state index is 0.0438. The molecule has 3 aromatic rings. The van der Waals surface area contributed by atoms with Gasteiger partial charge in [0.05, 0.1) is 18.3 Å². The van der Waals surface area contributed by atoms with Crippen LogP contribution >= 0.6 is 0 Å². The lowest BCUT2D eigenvalue weighted by Gasteiger charge is -2.36. The van der Waals surface area contributed by atoms with Crippen LogP contribution in [0.2, 0.25) is 0 Å². The fourth-order valence-corrected chi connectivity index (χ4v) is 4.26. The summed E-state index contributed by atoms with van der Waals surface area (Å²) in [6, 6.07) is 9.61. The van der Waals surface area contributed by atoms with Gasteiger partial charge in [0.25, 0.3) is 5.91 Å². The summed E-state index contributed by atoms with van der Waals surface area (Å²) < 4.78 is 5.18. The summed E-state index contributed by atoms with van der Waals surface area (Å²) in [5.74, 6) is 0.759. The minimum atomic E-state index is -0.0795. The van der Waals surface area contributed by atoms with Crippen molar-refractivity contribution in [2.45, 2.75) is 45.8 Å². The number of rotatable bonds is 5. The summed E-state index contributed by atoms with van der Waals surface area (Å²) in [6.45, 7) is 5.20. The number of piperidine rings is 1. The number of nitrogens with zero attached hydrogens (tertiary/aromatic N) is 4. The van der Waals surface area contributed by atoms with Crippen molar-refractivity contribution in [2.24, 2.45) is 0 Å². The number of ether oxygens (including phenoxy) is 1. The van der Waals surface area contributed by atoms with Gasteiger partial charge in [0, 0.05) is 43.4 Å². The highest BCUT2D eigenvalue weighted by atomic mass is 16.5. The molecule has 0 saturated carbocycles. The van der Waals surface area contributed by atoms with E-state index in [2.05, 4.69) is 9.97 Å². The van der Waals surface area contributed by atoms with Crippen LogP contribution in [0.15, 0.2) is 48.9 Å². The van der Waals surface area contributed by atoms with Crippen molar-refractivity contribution in [3.63, 3.8) is 0 Å². The summed E-state index contributed by atoms with van der Waals surface area (Å²) in [7, 11) is 1.67. The summed E-state index contributed by atoms with van der Waals surface area (Å²) in [6.07, 6.45) is 8.48. The Kier molecular flexibility index (Phi) is 6.37. The third-order valence-corrected chi connectivity index (χ3v) is 5.84. The zero-order valence-electron chi connectivity index (χ0n) is 18.3. The Morgan fingerprint density at radius 1 is 1.10 bits per heavy atom. The molecule has 1 aliphatic rings. The van der Waals surface area contributed by atoms with Gasteiger partial charge in [-0.3, -0.25) is 9.78 Å². The van der Waals surface area contributed by atoms with Gasteiger partial charge >= 0.3 is 0 Å². The number of amides is 1. The summed E-state index contributed by atoms with van der Waals surface area (Å²) >= 11 is 0. The Bertz CT molecular complexity index is 1070. The van der Waals surface area contributed by atoms with Gasteiger partial charge in [-0.25, -0.2) is 9.97 Å². The number of pyridine rings is 1. The normalized spacial score (nSPS) is 16.4. The summed E-state index contributed by atoms with van der Waals surface area (Å²) in [4.78, 5) is 29.0. The predicted octanol–water partition coefficient (Wildman–Crippen LogP) is 4.67. The van der Waals surface area contributed by atoms with Gasteiger partial charge < -0.3 is 9.64 Å². The molecule has 0 bridgehead atoms. The Morgan fingerprint density at radius 3 is 2.65 bits per heavy atom. The fraction of sp³-hybridized carbons (Fsp3) is 0.360. The summed E-state index contributed by atoms with van der Waals surface area (Å²) in [5.41, 5.74) is 5.78. The van der Waals surface area contributed by atoms with Crippen molar-refractivity contribution in [3.05, 3.63) is 77.1 Å². The molecule has 4 rings (SSSR count). The second-order valence-corrected chi connectivity index (χ2v) is 8.05. The molecule has 1 fully saturated rings. The molecule has 1 amide bonds. The maximum absolute atomic E-state index is 13.5. The first-order chi connectivity index (χ1) is 15.1. The van der Waals surface area contributed by atoms with Crippen LogP contribution in [0.4, 0.5) is 0 Å². The van der Waals surface area contributed by atoms with E-state index >= 15 is 0 Å². The second-order valence-electron chi connectivity index (χ2n) is 8.05. The van der Waals surface area contributed by atoms with Crippen LogP contribution in [-0.4, -0.2) is 39.4 Å². The van der Waals surface area contributed by atoms with E-state index in [0.29, 0.717) is 18.0 Å². The molecule has 1 aromatic carbocycles. The quantitative estimate of drug-likeness (QED) is 0.605. The van der Waals surface area contributed by atoms with Gasteiger partial charge in [-0.2, -0.15) is 0 Å². The van der Waals surface area contributed by atoms with Crippen LogP contribution in [0, 0.1) is 13.8 Å². The molecular formula is C25H28N4O2. The van der Waals surface area contributed by atoms with E-state index < -0.39 is 0 Å². The molecule has 6 heteroatoms. The Morgan fingerprint density at radius 2 is 1.90 bits per heavy atom. The standard InChI is InChI=1S/C25H28N4O2/c1-17-14-26-12-11-21(17)22-15-27-18(2)28-24(22)23-6-4-5-13-29(23)25(30)20-9-7-19(8-10-20)16-31-3/h7-12,14-15,23H,4-6,13,16H2,1-3H3/t23-/m1/s1. The fourth-order valence-electron chi connectivity index (χ4n) is 4.26. The van der Waals surface area contributed by atoms with Crippen LogP contribution < -0.4 is 0 Å². The van der Waals surface area contributed by atoms with E-state index in [0.717, 1.165) is 53.8 Å². The molecule has 160 valence electrons. The minimum Gasteiger partial charge on any atom is -0.380 e. The van der Waals surface area contributed by atoms with E-state index in [1.54, 1.807) is 13.3 Å². The highest BCUT2D eigenvalue weighted by Crippen LogP contribution is 2.37. The monoisotopic (exact) mass is 416 g/mol. The largest absolute Gasteiger partial charge is 0.380 e. The van der Waals surface area contributed by atoms with Crippen molar-refractivity contribution in [3.8, 4) is 11.1 Å². The van der Waals surface area contributed by atoms with Crippen LogP contribution in [0.3, 0.4) is 0 Å². The zero-order valence-corrected chi connectivity index (χ0v) is 18.3. The zero-order chi connectivity index (χ0) is 21.8. The number of hydrogen-bond donors (Lipinski definition) is 0.